The Kier molecular flexibility index (Phi) is 37.9. The molecule has 0 aliphatic rings. The number of hydrogen-bond acceptors (Lipinski definition) is 8. The molecule has 0 rings (SSSR count). The molecule has 0 spiro atoms. The second kappa shape index (κ2) is 39.5. The molecule has 0 aromatic carbocycles. The highest BCUT2D eigenvalue weighted by Crippen LogP contribution is 2.43. The van der Waals surface area contributed by atoms with E-state index in [2.05, 4.69) is 55.6 Å². The number of carboxylic acid groups (broad SMARTS) is 1. The van der Waals surface area contributed by atoms with Crippen molar-refractivity contribution in [1.29, 1.82) is 0 Å². The average Bonchev–Trinajstić information content (AvgIpc) is 3.17. The summed E-state index contributed by atoms with van der Waals surface area (Å²) in [4.78, 5) is 45.9. The van der Waals surface area contributed by atoms with Crippen LogP contribution in [0.2, 0.25) is 0 Å². The zero-order valence-electron chi connectivity index (χ0n) is 35.2. The highest BCUT2D eigenvalue weighted by Gasteiger charge is 2.28. The van der Waals surface area contributed by atoms with Gasteiger partial charge in [-0.25, -0.2) is 9.36 Å². The van der Waals surface area contributed by atoms with Gasteiger partial charge in [-0.15, -0.1) is 0 Å². The minimum absolute atomic E-state index is 0.143. The van der Waals surface area contributed by atoms with Crippen LogP contribution in [0.25, 0.3) is 0 Å². The molecule has 0 aliphatic carbocycles. The van der Waals surface area contributed by atoms with Crippen molar-refractivity contribution in [3.05, 3.63) is 36.5 Å². The Balaban J connectivity index is 3.88. The van der Waals surface area contributed by atoms with E-state index in [9.17, 15) is 34.1 Å². The van der Waals surface area contributed by atoms with Gasteiger partial charge in [0.05, 0.1) is 13.2 Å². The number of phosphoric ester groups is 1. The number of carbonyl (C=O) groups excluding carboxylic acids is 2. The van der Waals surface area contributed by atoms with E-state index in [1.165, 1.54) is 89.9 Å². The summed E-state index contributed by atoms with van der Waals surface area (Å²) in [5, 5.41) is 21.8. The van der Waals surface area contributed by atoms with Gasteiger partial charge in [0.25, 0.3) is 0 Å². The van der Waals surface area contributed by atoms with Crippen molar-refractivity contribution in [2.75, 3.05) is 19.8 Å². The van der Waals surface area contributed by atoms with E-state index in [0.29, 0.717) is 12.8 Å². The first-order valence-corrected chi connectivity index (χ1v) is 23.5. The monoisotopic (exact) mass is 814 g/mol. The third-order valence-electron chi connectivity index (χ3n) is 9.40. The molecule has 3 unspecified atom stereocenters. The molecule has 3 atom stereocenters. The molecule has 1 amide bonds. The first kappa shape index (κ1) is 53.7. The van der Waals surface area contributed by atoms with E-state index in [0.717, 1.165) is 64.2 Å². The van der Waals surface area contributed by atoms with Crippen LogP contribution >= 0.6 is 7.82 Å². The molecular weight excluding hydrogens is 733 g/mol. The van der Waals surface area contributed by atoms with Crippen molar-refractivity contribution in [1.82, 2.24) is 5.32 Å². The third kappa shape index (κ3) is 38.6. The SMILES string of the molecule is CCCC/C=C\CCCCCCCC(=O)OCC(O)COP(=O)(O)OCC(NC(=O)CCCCCCCCCCCCC/C=C\C/C=C\CCCCC)C(=O)O. The van der Waals surface area contributed by atoms with Gasteiger partial charge in [0.2, 0.25) is 5.91 Å². The predicted molar refractivity (Wildman–Crippen MR) is 226 cm³/mol. The molecular formula is C44H80NO10P. The summed E-state index contributed by atoms with van der Waals surface area (Å²) in [6.45, 7) is 2.52. The fraction of sp³-hybridized carbons (Fsp3) is 0.795. The second-order valence-corrected chi connectivity index (χ2v) is 16.3. The van der Waals surface area contributed by atoms with Gasteiger partial charge >= 0.3 is 19.8 Å². The van der Waals surface area contributed by atoms with Crippen molar-refractivity contribution in [3.8, 4) is 0 Å². The van der Waals surface area contributed by atoms with Crippen LogP contribution in [0.4, 0.5) is 0 Å². The number of aliphatic hydroxyl groups excluding tert-OH is 1. The number of amides is 1. The highest BCUT2D eigenvalue weighted by atomic mass is 31.2. The molecule has 4 N–H and O–H groups in total. The molecule has 11 nitrogen and oxygen atoms in total. The van der Waals surface area contributed by atoms with Gasteiger partial charge in [0.15, 0.2) is 6.04 Å². The highest BCUT2D eigenvalue weighted by molar-refractivity contribution is 7.47. The quantitative estimate of drug-likeness (QED) is 0.0202. The molecule has 0 radical (unpaired) electrons. The summed E-state index contributed by atoms with van der Waals surface area (Å²) in [7, 11) is -4.75. The molecule has 0 aliphatic heterocycles. The Morgan fingerprint density at radius 3 is 1.52 bits per heavy atom. The minimum Gasteiger partial charge on any atom is -0.480 e. The number of esters is 1. The van der Waals surface area contributed by atoms with Crippen LogP contribution in [0.15, 0.2) is 36.5 Å². The number of aliphatic hydroxyl groups is 1. The molecule has 0 aromatic heterocycles. The molecule has 0 bridgehead atoms. The maximum Gasteiger partial charge on any atom is 0.472 e. The minimum atomic E-state index is -4.75. The van der Waals surface area contributed by atoms with Crippen LogP contribution in [0.5, 0.6) is 0 Å². The number of ether oxygens (including phenoxy) is 1. The van der Waals surface area contributed by atoms with Gasteiger partial charge in [-0.2, -0.15) is 0 Å². The number of allylic oxidation sites excluding steroid dienone is 6. The van der Waals surface area contributed by atoms with E-state index >= 15 is 0 Å². The molecule has 0 saturated carbocycles. The zero-order chi connectivity index (χ0) is 41.4. The van der Waals surface area contributed by atoms with Crippen LogP contribution < -0.4 is 5.32 Å². The molecule has 0 heterocycles. The van der Waals surface area contributed by atoms with Crippen LogP contribution in [-0.4, -0.2) is 64.9 Å². The van der Waals surface area contributed by atoms with E-state index < -0.39 is 57.6 Å². The van der Waals surface area contributed by atoms with Crippen LogP contribution in [0.3, 0.4) is 0 Å². The Hall–Kier alpha value is -2.30. The Morgan fingerprint density at radius 1 is 0.571 bits per heavy atom. The smallest absolute Gasteiger partial charge is 0.472 e. The molecule has 0 fully saturated rings. The molecule has 326 valence electrons. The number of rotatable bonds is 41. The maximum absolute atomic E-state index is 12.3. The van der Waals surface area contributed by atoms with E-state index in [1.807, 2.05) is 0 Å². The standard InChI is InChI=1S/C44H80NO10P/c1-3-5-7-9-11-13-15-16-17-18-19-20-21-22-23-24-26-27-29-31-33-35-42(47)45-41(44(49)50)39-55-56(51,52)54-38-40(46)37-53-43(48)36-34-32-30-28-25-14-12-10-8-6-4-2/h10-13,16-17,40-41,46H,3-9,14-15,18-39H2,1-2H3,(H,45,47)(H,49,50)(H,51,52)/b12-10-,13-11-,17-16-. The number of hydrogen-bond donors (Lipinski definition) is 4. The Labute approximate surface area is 340 Å². The lowest BCUT2D eigenvalue weighted by Crippen LogP contribution is -2.43. The molecule has 0 aromatic rings. The summed E-state index contributed by atoms with van der Waals surface area (Å²) >= 11 is 0. The van der Waals surface area contributed by atoms with Crippen LogP contribution in [0, 0.1) is 0 Å². The van der Waals surface area contributed by atoms with Crippen molar-refractivity contribution in [2.45, 2.75) is 206 Å². The van der Waals surface area contributed by atoms with Crippen LogP contribution in [0.1, 0.15) is 194 Å². The van der Waals surface area contributed by atoms with Gasteiger partial charge in [-0.3, -0.25) is 18.6 Å². The first-order chi connectivity index (χ1) is 27.1. The summed E-state index contributed by atoms with van der Waals surface area (Å²) in [5.74, 6) is -2.38. The number of aliphatic carboxylic acids is 1. The van der Waals surface area contributed by atoms with Gasteiger partial charge in [-0.05, 0) is 64.2 Å². The lowest BCUT2D eigenvalue weighted by Gasteiger charge is -2.18. The van der Waals surface area contributed by atoms with Gasteiger partial charge in [0, 0.05) is 12.8 Å². The lowest BCUT2D eigenvalue weighted by molar-refractivity contribution is -0.147. The van der Waals surface area contributed by atoms with E-state index in [1.54, 1.807) is 0 Å². The van der Waals surface area contributed by atoms with Crippen LogP contribution in [-0.2, 0) is 32.7 Å². The average molecular weight is 814 g/mol. The first-order valence-electron chi connectivity index (χ1n) is 22.0. The van der Waals surface area contributed by atoms with Gasteiger partial charge in [-0.1, -0.05) is 153 Å². The fourth-order valence-electron chi connectivity index (χ4n) is 5.91. The fourth-order valence-corrected chi connectivity index (χ4v) is 6.69. The van der Waals surface area contributed by atoms with E-state index in [4.69, 9.17) is 13.8 Å². The number of phosphoric acid groups is 1. The number of unbranched alkanes of at least 4 members (excludes halogenated alkanes) is 21. The molecule has 12 heteroatoms. The zero-order valence-corrected chi connectivity index (χ0v) is 36.1. The largest absolute Gasteiger partial charge is 0.480 e. The topological polar surface area (TPSA) is 169 Å². The van der Waals surface area contributed by atoms with Crippen molar-refractivity contribution < 1.29 is 47.8 Å². The molecule has 56 heavy (non-hydrogen) atoms. The summed E-state index contributed by atoms with van der Waals surface area (Å²) < 4.78 is 26.8. The second-order valence-electron chi connectivity index (χ2n) is 14.9. The van der Waals surface area contributed by atoms with E-state index in [-0.39, 0.29) is 12.8 Å². The number of nitrogens with one attached hydrogen (secondary N) is 1. The molecule has 0 saturated heterocycles. The number of carboxylic acids is 1. The Morgan fingerprint density at radius 2 is 1.00 bits per heavy atom. The van der Waals surface area contributed by atoms with Gasteiger partial charge in [0.1, 0.15) is 12.7 Å². The van der Waals surface area contributed by atoms with Crippen molar-refractivity contribution in [2.24, 2.45) is 0 Å². The summed E-state index contributed by atoms with van der Waals surface area (Å²) in [5.41, 5.74) is 0. The third-order valence-corrected chi connectivity index (χ3v) is 10.4. The maximum atomic E-state index is 12.3. The normalized spacial score (nSPS) is 14.1. The summed E-state index contributed by atoms with van der Waals surface area (Å²) in [6, 6.07) is -1.55. The van der Waals surface area contributed by atoms with Gasteiger partial charge < -0.3 is 25.2 Å². The predicted octanol–water partition coefficient (Wildman–Crippen LogP) is 11.2. The van der Waals surface area contributed by atoms with Crippen molar-refractivity contribution in [3.63, 3.8) is 0 Å². The number of carbonyl (C=O) groups is 3. The Bertz CT molecular complexity index is 1100. The lowest BCUT2D eigenvalue weighted by atomic mass is 10.0. The summed E-state index contributed by atoms with van der Waals surface area (Å²) in [6.07, 6.45) is 41.7. The van der Waals surface area contributed by atoms with Crippen molar-refractivity contribution >= 4 is 25.7 Å².